The van der Waals surface area contributed by atoms with Crippen molar-refractivity contribution < 1.29 is 14.6 Å². The van der Waals surface area contributed by atoms with E-state index >= 15 is 0 Å². The zero-order valence-electron chi connectivity index (χ0n) is 8.48. The largest absolute Gasteiger partial charge is 0.465 e. The molecule has 1 aliphatic heterocycles. The Balaban J connectivity index is 1.93. The van der Waals surface area contributed by atoms with Gasteiger partial charge in [0.1, 0.15) is 24.9 Å². The zero-order valence-corrected chi connectivity index (χ0v) is 8.48. The van der Waals surface area contributed by atoms with Gasteiger partial charge in [-0.05, 0) is 12.8 Å². The normalized spacial score (nSPS) is 19.7. The van der Waals surface area contributed by atoms with Gasteiger partial charge in [-0.1, -0.05) is 23.8 Å². The van der Waals surface area contributed by atoms with E-state index in [1.807, 2.05) is 0 Å². The molecule has 2 aliphatic rings. The number of aliphatic hydroxyl groups is 1. The topological polar surface area (TPSA) is 38.7 Å². The standard InChI is InChI=1S/C12H14O3/c13-7-12-9-14-8-11(15-12)6-10-4-2-1-3-5-10/h1-2,4,8-9,13H,3,5-7H2. The number of rotatable bonds is 3. The number of hydrogen-bond donors (Lipinski definition) is 1. The highest BCUT2D eigenvalue weighted by Crippen LogP contribution is 2.24. The fourth-order valence-electron chi connectivity index (χ4n) is 1.57. The molecule has 1 heterocycles. The van der Waals surface area contributed by atoms with E-state index in [0.717, 1.165) is 25.0 Å². The first-order valence-electron chi connectivity index (χ1n) is 5.05. The highest BCUT2D eigenvalue weighted by molar-refractivity contribution is 5.22. The van der Waals surface area contributed by atoms with Gasteiger partial charge in [0.15, 0.2) is 5.76 Å². The monoisotopic (exact) mass is 206 g/mol. The van der Waals surface area contributed by atoms with E-state index in [4.69, 9.17) is 14.6 Å². The molecule has 0 unspecified atom stereocenters. The van der Waals surface area contributed by atoms with Gasteiger partial charge in [-0.2, -0.15) is 0 Å². The van der Waals surface area contributed by atoms with Gasteiger partial charge < -0.3 is 14.6 Å². The van der Waals surface area contributed by atoms with E-state index < -0.39 is 0 Å². The van der Waals surface area contributed by atoms with Crippen LogP contribution >= 0.6 is 0 Å². The fourth-order valence-corrected chi connectivity index (χ4v) is 1.57. The number of allylic oxidation sites excluding steroid dienone is 4. The summed E-state index contributed by atoms with van der Waals surface area (Å²) < 4.78 is 10.5. The average molecular weight is 206 g/mol. The lowest BCUT2D eigenvalue weighted by Crippen LogP contribution is -2.04. The second-order valence-corrected chi connectivity index (χ2v) is 3.53. The molecule has 0 bridgehead atoms. The summed E-state index contributed by atoms with van der Waals surface area (Å²) in [4.78, 5) is 0. The molecule has 3 heteroatoms. The third-order valence-electron chi connectivity index (χ3n) is 2.32. The molecule has 1 N–H and O–H groups in total. The molecule has 0 aromatic heterocycles. The molecule has 0 saturated carbocycles. The van der Waals surface area contributed by atoms with E-state index in [0.29, 0.717) is 5.76 Å². The minimum atomic E-state index is -0.129. The molecule has 2 rings (SSSR count). The molecule has 0 aromatic rings. The summed E-state index contributed by atoms with van der Waals surface area (Å²) in [6.45, 7) is -0.129. The van der Waals surface area contributed by atoms with Gasteiger partial charge in [0.2, 0.25) is 0 Å². The summed E-state index contributed by atoms with van der Waals surface area (Å²) in [5.74, 6) is 1.21. The maximum absolute atomic E-state index is 8.89. The minimum absolute atomic E-state index is 0.129. The molecule has 80 valence electrons. The van der Waals surface area contributed by atoms with Gasteiger partial charge in [0.05, 0.1) is 0 Å². The molecular weight excluding hydrogens is 192 g/mol. The number of hydrogen-bond acceptors (Lipinski definition) is 3. The van der Waals surface area contributed by atoms with Gasteiger partial charge in [-0.15, -0.1) is 0 Å². The number of aliphatic hydroxyl groups excluding tert-OH is 1. The van der Waals surface area contributed by atoms with Crippen molar-refractivity contribution in [1.29, 1.82) is 0 Å². The predicted octanol–water partition coefficient (Wildman–Crippen LogP) is 2.37. The Kier molecular flexibility index (Phi) is 3.25. The van der Waals surface area contributed by atoms with Crippen molar-refractivity contribution in [3.63, 3.8) is 0 Å². The first kappa shape index (κ1) is 10.1. The Morgan fingerprint density at radius 2 is 2.13 bits per heavy atom. The van der Waals surface area contributed by atoms with Crippen LogP contribution in [0.2, 0.25) is 0 Å². The van der Waals surface area contributed by atoms with Gasteiger partial charge in [0, 0.05) is 6.42 Å². The summed E-state index contributed by atoms with van der Waals surface area (Å²) in [7, 11) is 0. The van der Waals surface area contributed by atoms with E-state index in [1.54, 1.807) is 6.26 Å². The highest BCUT2D eigenvalue weighted by atomic mass is 16.5. The number of ether oxygens (including phenoxy) is 2. The van der Waals surface area contributed by atoms with E-state index in [-0.39, 0.29) is 6.61 Å². The molecule has 0 fully saturated rings. The van der Waals surface area contributed by atoms with Crippen molar-refractivity contribution in [2.45, 2.75) is 19.3 Å². The Morgan fingerprint density at radius 3 is 2.87 bits per heavy atom. The maximum atomic E-state index is 8.89. The Hall–Kier alpha value is -1.48. The van der Waals surface area contributed by atoms with Crippen LogP contribution in [0.4, 0.5) is 0 Å². The first-order chi connectivity index (χ1) is 7.38. The van der Waals surface area contributed by atoms with Crippen molar-refractivity contribution >= 4 is 0 Å². The third-order valence-corrected chi connectivity index (χ3v) is 2.32. The maximum Gasteiger partial charge on any atom is 0.164 e. The van der Waals surface area contributed by atoms with E-state index in [9.17, 15) is 0 Å². The van der Waals surface area contributed by atoms with Crippen LogP contribution < -0.4 is 0 Å². The van der Waals surface area contributed by atoms with Crippen LogP contribution in [0.25, 0.3) is 0 Å². The van der Waals surface area contributed by atoms with Crippen LogP contribution in [0, 0.1) is 0 Å². The summed E-state index contributed by atoms with van der Waals surface area (Å²) in [5.41, 5.74) is 1.33. The molecule has 0 atom stereocenters. The Morgan fingerprint density at radius 1 is 1.27 bits per heavy atom. The molecule has 0 saturated heterocycles. The Labute approximate surface area is 89.0 Å². The highest BCUT2D eigenvalue weighted by Gasteiger charge is 2.11. The summed E-state index contributed by atoms with van der Waals surface area (Å²) in [6.07, 6.45) is 12.2. The minimum Gasteiger partial charge on any atom is -0.465 e. The van der Waals surface area contributed by atoms with Crippen LogP contribution in [-0.2, 0) is 9.47 Å². The SMILES string of the molecule is OCC1=COC=C(CC2=CC=CCC2)O1. The second kappa shape index (κ2) is 4.84. The lowest BCUT2D eigenvalue weighted by Gasteiger charge is -2.17. The quantitative estimate of drug-likeness (QED) is 0.770. The average Bonchev–Trinajstić information content (AvgIpc) is 2.31. The molecule has 15 heavy (non-hydrogen) atoms. The van der Waals surface area contributed by atoms with Crippen LogP contribution in [0.5, 0.6) is 0 Å². The summed E-state index contributed by atoms with van der Waals surface area (Å²) in [6, 6.07) is 0. The van der Waals surface area contributed by atoms with Gasteiger partial charge in [0.25, 0.3) is 0 Å². The van der Waals surface area contributed by atoms with Crippen LogP contribution in [0.1, 0.15) is 19.3 Å². The van der Waals surface area contributed by atoms with Crippen LogP contribution in [0.3, 0.4) is 0 Å². The molecule has 3 nitrogen and oxygen atoms in total. The molecular formula is C12H14O3. The van der Waals surface area contributed by atoms with Gasteiger partial charge >= 0.3 is 0 Å². The van der Waals surface area contributed by atoms with Crippen molar-refractivity contribution in [3.05, 3.63) is 47.8 Å². The van der Waals surface area contributed by atoms with Crippen LogP contribution in [0.15, 0.2) is 47.8 Å². The fraction of sp³-hybridized carbons (Fsp3) is 0.333. The summed E-state index contributed by atoms with van der Waals surface area (Å²) in [5, 5.41) is 8.89. The predicted molar refractivity (Wildman–Crippen MR) is 56.5 cm³/mol. The summed E-state index contributed by atoms with van der Waals surface area (Å²) >= 11 is 0. The van der Waals surface area contributed by atoms with Crippen molar-refractivity contribution in [2.24, 2.45) is 0 Å². The smallest absolute Gasteiger partial charge is 0.164 e. The van der Waals surface area contributed by atoms with Crippen LogP contribution in [-0.4, -0.2) is 11.7 Å². The molecule has 0 spiro atoms. The lowest BCUT2D eigenvalue weighted by molar-refractivity contribution is 0.167. The van der Waals surface area contributed by atoms with E-state index in [1.165, 1.54) is 11.8 Å². The molecule has 0 aromatic carbocycles. The van der Waals surface area contributed by atoms with E-state index in [2.05, 4.69) is 18.2 Å². The lowest BCUT2D eigenvalue weighted by atomic mass is 10.0. The zero-order chi connectivity index (χ0) is 10.5. The molecule has 0 amide bonds. The van der Waals surface area contributed by atoms with Crippen molar-refractivity contribution in [1.82, 2.24) is 0 Å². The first-order valence-corrected chi connectivity index (χ1v) is 5.05. The van der Waals surface area contributed by atoms with Gasteiger partial charge in [-0.25, -0.2) is 0 Å². The third kappa shape index (κ3) is 2.73. The second-order valence-electron chi connectivity index (χ2n) is 3.53. The van der Waals surface area contributed by atoms with Crippen molar-refractivity contribution in [2.75, 3.05) is 6.61 Å². The molecule has 0 radical (unpaired) electrons. The Bertz CT molecular complexity index is 348. The van der Waals surface area contributed by atoms with Gasteiger partial charge in [-0.3, -0.25) is 0 Å². The van der Waals surface area contributed by atoms with Crippen molar-refractivity contribution in [3.8, 4) is 0 Å². The molecule has 1 aliphatic carbocycles.